The number of nitrogens with zero attached hydrogens (tertiary/aromatic N) is 4. The van der Waals surface area contributed by atoms with Gasteiger partial charge in [0.25, 0.3) is 5.56 Å². The third-order valence-electron chi connectivity index (χ3n) is 3.89. The zero-order valence-electron chi connectivity index (χ0n) is 11.8. The first-order valence-electron chi connectivity index (χ1n) is 7.00. The van der Waals surface area contributed by atoms with Gasteiger partial charge in [0.05, 0.1) is 6.33 Å². The van der Waals surface area contributed by atoms with Crippen LogP contribution in [0.25, 0.3) is 11.2 Å². The first-order valence-corrected chi connectivity index (χ1v) is 7.00. The molecule has 8 nitrogen and oxygen atoms in total. The highest BCUT2D eigenvalue weighted by molar-refractivity contribution is 5.79. The Balaban J connectivity index is 1.94. The molecule has 1 N–H and O–H groups in total. The smallest absolute Gasteiger partial charge is 0.329 e. The third-order valence-corrected chi connectivity index (χ3v) is 3.89. The van der Waals surface area contributed by atoms with Crippen molar-refractivity contribution in [3.8, 4) is 0 Å². The van der Waals surface area contributed by atoms with Crippen LogP contribution in [0.3, 0.4) is 0 Å². The molecule has 112 valence electrons. The van der Waals surface area contributed by atoms with Crippen LogP contribution in [0.1, 0.15) is 19.3 Å². The normalized spacial score (nSPS) is 15.6. The number of aromatic amines is 1. The van der Waals surface area contributed by atoms with Crippen LogP contribution in [-0.2, 0) is 18.4 Å². The van der Waals surface area contributed by atoms with Crippen LogP contribution < -0.4 is 11.2 Å². The maximum absolute atomic E-state index is 12.3. The standard InChI is InChI=1S/C13H17N5O3/c1-16-11-10(12(20)15-13(16)21)18(8-14-11)7-9(19)17-5-3-2-4-6-17/h8H,2-7H2,1H3,(H,15,20,21). The second-order valence-electron chi connectivity index (χ2n) is 5.30. The van der Waals surface area contributed by atoms with E-state index in [1.165, 1.54) is 22.5 Å². The fourth-order valence-electron chi connectivity index (χ4n) is 2.69. The van der Waals surface area contributed by atoms with Crippen molar-refractivity contribution in [1.82, 2.24) is 24.0 Å². The molecule has 2 aromatic heterocycles. The summed E-state index contributed by atoms with van der Waals surface area (Å²) >= 11 is 0. The fourth-order valence-corrected chi connectivity index (χ4v) is 2.69. The van der Waals surface area contributed by atoms with E-state index in [1.807, 2.05) is 4.90 Å². The van der Waals surface area contributed by atoms with Crippen LogP contribution in [0.2, 0.25) is 0 Å². The number of rotatable bonds is 2. The molecule has 0 aliphatic carbocycles. The maximum atomic E-state index is 12.3. The highest BCUT2D eigenvalue weighted by Gasteiger charge is 2.19. The second-order valence-corrected chi connectivity index (χ2v) is 5.30. The average Bonchev–Trinajstić information content (AvgIpc) is 2.90. The molecule has 2 aromatic rings. The molecule has 1 fully saturated rings. The summed E-state index contributed by atoms with van der Waals surface area (Å²) < 4.78 is 2.77. The number of amides is 1. The number of aromatic nitrogens is 4. The number of carbonyl (C=O) groups is 1. The minimum absolute atomic E-state index is 0.0257. The quantitative estimate of drug-likeness (QED) is 0.802. The van der Waals surface area contributed by atoms with Gasteiger partial charge in [0.15, 0.2) is 11.2 Å². The van der Waals surface area contributed by atoms with E-state index in [-0.39, 0.29) is 23.6 Å². The molecule has 3 rings (SSSR count). The largest absolute Gasteiger partial charge is 0.341 e. The lowest BCUT2D eigenvalue weighted by Crippen LogP contribution is -2.38. The number of piperidine rings is 1. The van der Waals surface area contributed by atoms with E-state index in [4.69, 9.17) is 0 Å². The van der Waals surface area contributed by atoms with Gasteiger partial charge in [-0.3, -0.25) is 19.1 Å². The van der Waals surface area contributed by atoms with Crippen LogP contribution in [0.15, 0.2) is 15.9 Å². The lowest BCUT2D eigenvalue weighted by Gasteiger charge is -2.26. The Morgan fingerprint density at radius 1 is 1.29 bits per heavy atom. The van der Waals surface area contributed by atoms with Gasteiger partial charge in [0.1, 0.15) is 6.54 Å². The molecular formula is C13H17N5O3. The van der Waals surface area contributed by atoms with Gasteiger partial charge in [-0.15, -0.1) is 0 Å². The molecule has 0 bridgehead atoms. The monoisotopic (exact) mass is 291 g/mol. The van der Waals surface area contributed by atoms with Crippen molar-refractivity contribution in [2.75, 3.05) is 13.1 Å². The summed E-state index contributed by atoms with van der Waals surface area (Å²) in [6.07, 6.45) is 4.62. The maximum Gasteiger partial charge on any atom is 0.329 e. The van der Waals surface area contributed by atoms with E-state index in [0.717, 1.165) is 32.4 Å². The van der Waals surface area contributed by atoms with Gasteiger partial charge in [-0.05, 0) is 19.3 Å². The number of hydrogen-bond donors (Lipinski definition) is 1. The van der Waals surface area contributed by atoms with Crippen molar-refractivity contribution in [1.29, 1.82) is 0 Å². The fraction of sp³-hybridized carbons (Fsp3) is 0.538. The van der Waals surface area contributed by atoms with Crippen molar-refractivity contribution in [3.63, 3.8) is 0 Å². The number of aryl methyl sites for hydroxylation is 1. The summed E-state index contributed by atoms with van der Waals surface area (Å²) in [5, 5.41) is 0. The zero-order chi connectivity index (χ0) is 15.0. The van der Waals surface area contributed by atoms with Crippen molar-refractivity contribution >= 4 is 17.1 Å². The Kier molecular flexibility index (Phi) is 3.36. The van der Waals surface area contributed by atoms with Gasteiger partial charge in [0.2, 0.25) is 5.91 Å². The Hall–Kier alpha value is -2.38. The van der Waals surface area contributed by atoms with Gasteiger partial charge < -0.3 is 9.47 Å². The average molecular weight is 291 g/mol. The number of H-pyrrole nitrogens is 1. The van der Waals surface area contributed by atoms with E-state index < -0.39 is 11.2 Å². The number of nitrogens with one attached hydrogen (secondary N) is 1. The predicted octanol–water partition coefficient (Wildman–Crippen LogP) is -0.564. The first kappa shape index (κ1) is 13.6. The molecule has 0 aromatic carbocycles. The molecule has 8 heteroatoms. The summed E-state index contributed by atoms with van der Waals surface area (Å²) in [4.78, 5) is 43.8. The Bertz CT molecular complexity index is 794. The van der Waals surface area contributed by atoms with Crippen molar-refractivity contribution in [3.05, 3.63) is 27.2 Å². The molecule has 0 radical (unpaired) electrons. The number of fused-ring (bicyclic) bond motifs is 1. The lowest BCUT2D eigenvalue weighted by molar-refractivity contribution is -0.132. The highest BCUT2D eigenvalue weighted by atomic mass is 16.2. The minimum Gasteiger partial charge on any atom is -0.341 e. The topological polar surface area (TPSA) is 93.0 Å². The van der Waals surface area contributed by atoms with E-state index in [0.29, 0.717) is 0 Å². The molecule has 0 atom stereocenters. The molecule has 1 amide bonds. The van der Waals surface area contributed by atoms with E-state index in [9.17, 15) is 14.4 Å². The summed E-state index contributed by atoms with van der Waals surface area (Å²) in [7, 11) is 1.53. The van der Waals surface area contributed by atoms with Crippen LogP contribution in [0, 0.1) is 0 Å². The van der Waals surface area contributed by atoms with Crippen LogP contribution in [0.4, 0.5) is 0 Å². The third kappa shape index (κ3) is 2.37. The van der Waals surface area contributed by atoms with E-state index in [2.05, 4.69) is 9.97 Å². The van der Waals surface area contributed by atoms with Crippen molar-refractivity contribution < 1.29 is 4.79 Å². The first-order chi connectivity index (χ1) is 10.1. The van der Waals surface area contributed by atoms with Crippen LogP contribution >= 0.6 is 0 Å². The Labute approximate surface area is 120 Å². The van der Waals surface area contributed by atoms with Gasteiger partial charge in [-0.25, -0.2) is 9.78 Å². The number of likely N-dealkylation sites (tertiary alicyclic amines) is 1. The molecule has 0 spiro atoms. The molecular weight excluding hydrogens is 274 g/mol. The lowest BCUT2D eigenvalue weighted by atomic mass is 10.1. The predicted molar refractivity (Wildman–Crippen MR) is 76.0 cm³/mol. The van der Waals surface area contributed by atoms with Crippen LogP contribution in [-0.4, -0.2) is 43.0 Å². The SMILES string of the molecule is Cn1c(=O)[nH]c(=O)c2c1ncn2CC(=O)N1CCCCC1. The number of hydrogen-bond acceptors (Lipinski definition) is 4. The summed E-state index contributed by atoms with van der Waals surface area (Å²) in [6.45, 7) is 1.60. The number of imidazole rings is 1. The molecule has 3 heterocycles. The zero-order valence-corrected chi connectivity index (χ0v) is 11.8. The summed E-state index contributed by atoms with van der Waals surface area (Å²) in [6, 6.07) is 0. The van der Waals surface area contributed by atoms with Crippen molar-refractivity contribution in [2.24, 2.45) is 7.05 Å². The van der Waals surface area contributed by atoms with Gasteiger partial charge >= 0.3 is 5.69 Å². The Morgan fingerprint density at radius 3 is 2.71 bits per heavy atom. The van der Waals surface area contributed by atoms with Crippen molar-refractivity contribution in [2.45, 2.75) is 25.8 Å². The minimum atomic E-state index is -0.517. The van der Waals surface area contributed by atoms with Gasteiger partial charge in [-0.1, -0.05) is 0 Å². The number of carbonyl (C=O) groups excluding carboxylic acids is 1. The van der Waals surface area contributed by atoms with Gasteiger partial charge in [0, 0.05) is 20.1 Å². The summed E-state index contributed by atoms with van der Waals surface area (Å²) in [5.41, 5.74) is -0.491. The highest BCUT2D eigenvalue weighted by Crippen LogP contribution is 2.11. The molecule has 0 unspecified atom stereocenters. The molecule has 1 aliphatic rings. The molecule has 21 heavy (non-hydrogen) atoms. The van der Waals surface area contributed by atoms with E-state index >= 15 is 0 Å². The second kappa shape index (κ2) is 5.19. The van der Waals surface area contributed by atoms with E-state index in [1.54, 1.807) is 0 Å². The van der Waals surface area contributed by atoms with Crippen LogP contribution in [0.5, 0.6) is 0 Å². The molecule has 1 saturated heterocycles. The summed E-state index contributed by atoms with van der Waals surface area (Å²) in [5.74, 6) is -0.0257. The van der Waals surface area contributed by atoms with Gasteiger partial charge in [-0.2, -0.15) is 0 Å². The Morgan fingerprint density at radius 2 is 2.00 bits per heavy atom. The molecule has 1 aliphatic heterocycles. The molecule has 0 saturated carbocycles.